The van der Waals surface area contributed by atoms with Gasteiger partial charge in [0.2, 0.25) is 5.91 Å². The molecule has 0 spiro atoms. The van der Waals surface area contributed by atoms with E-state index >= 15 is 0 Å². The van der Waals surface area contributed by atoms with E-state index in [-0.39, 0.29) is 5.91 Å². The number of morpholine rings is 1. The van der Waals surface area contributed by atoms with Gasteiger partial charge < -0.3 is 20.7 Å². The number of likely N-dealkylation sites (tertiary alicyclic amines) is 1. The molecule has 2 aliphatic heterocycles. The molecule has 1 amide bonds. The highest BCUT2D eigenvalue weighted by atomic mass is 16.5. The van der Waals surface area contributed by atoms with Crippen molar-refractivity contribution in [3.8, 4) is 0 Å². The number of rotatable bonds is 4. The highest BCUT2D eigenvalue weighted by Crippen LogP contribution is 2.20. The second-order valence-corrected chi connectivity index (χ2v) is 5.11. The normalized spacial score (nSPS) is 28.1. The van der Waals surface area contributed by atoms with Gasteiger partial charge in [0.15, 0.2) is 0 Å². The molecule has 0 aromatic carbocycles. The number of nitrogens with two attached hydrogens (primary N) is 1. The summed E-state index contributed by atoms with van der Waals surface area (Å²) >= 11 is 0. The average Bonchev–Trinajstić information content (AvgIpc) is 2.32. The van der Waals surface area contributed by atoms with Gasteiger partial charge in [-0.25, -0.2) is 0 Å². The van der Waals surface area contributed by atoms with E-state index in [0.717, 1.165) is 52.2 Å². The second kappa shape index (κ2) is 6.33. The van der Waals surface area contributed by atoms with Crippen molar-refractivity contribution in [2.75, 3.05) is 39.3 Å². The molecule has 0 aromatic rings. The Hall–Kier alpha value is -0.650. The number of piperidine rings is 1. The fourth-order valence-corrected chi connectivity index (χ4v) is 2.68. The molecule has 5 nitrogen and oxygen atoms in total. The fraction of sp³-hybridized carbons (Fsp3) is 0.917. The van der Waals surface area contributed by atoms with Crippen molar-refractivity contribution in [3.63, 3.8) is 0 Å². The first-order valence-corrected chi connectivity index (χ1v) is 6.57. The van der Waals surface area contributed by atoms with Crippen LogP contribution in [0, 0.1) is 5.92 Å². The van der Waals surface area contributed by atoms with E-state index in [1.807, 2.05) is 0 Å². The summed E-state index contributed by atoms with van der Waals surface area (Å²) in [5.74, 6) is 0.331. The van der Waals surface area contributed by atoms with Crippen LogP contribution in [0.4, 0.5) is 0 Å². The number of hydrogen-bond donors (Lipinski definition) is 2. The lowest BCUT2D eigenvalue weighted by molar-refractivity contribution is -0.119. The highest BCUT2D eigenvalue weighted by molar-refractivity contribution is 5.73. The number of nitrogens with one attached hydrogen (secondary N) is 1. The number of carbonyl (C=O) groups excluding carboxylic acids is 1. The van der Waals surface area contributed by atoms with E-state index in [4.69, 9.17) is 10.5 Å². The van der Waals surface area contributed by atoms with E-state index in [2.05, 4.69) is 10.2 Å². The van der Waals surface area contributed by atoms with E-state index in [1.54, 1.807) is 0 Å². The van der Waals surface area contributed by atoms with Crippen LogP contribution in [-0.2, 0) is 9.53 Å². The summed E-state index contributed by atoms with van der Waals surface area (Å²) in [6.45, 7) is 5.90. The first-order valence-electron chi connectivity index (χ1n) is 6.57. The van der Waals surface area contributed by atoms with E-state index in [0.29, 0.717) is 18.4 Å². The fourth-order valence-electron chi connectivity index (χ4n) is 2.68. The Kier molecular flexibility index (Phi) is 4.76. The molecule has 0 aliphatic carbocycles. The molecule has 0 bridgehead atoms. The Morgan fingerprint density at radius 1 is 1.41 bits per heavy atom. The summed E-state index contributed by atoms with van der Waals surface area (Å²) in [5, 5.41) is 3.35. The van der Waals surface area contributed by atoms with Crippen molar-refractivity contribution in [2.24, 2.45) is 11.7 Å². The molecule has 2 heterocycles. The number of nitrogens with zero attached hydrogens (tertiary/aromatic N) is 1. The van der Waals surface area contributed by atoms with Crippen LogP contribution in [0.2, 0.25) is 0 Å². The molecule has 2 fully saturated rings. The Morgan fingerprint density at radius 2 is 2.18 bits per heavy atom. The van der Waals surface area contributed by atoms with Gasteiger partial charge in [0, 0.05) is 26.1 Å². The van der Waals surface area contributed by atoms with Crippen molar-refractivity contribution in [3.05, 3.63) is 0 Å². The van der Waals surface area contributed by atoms with Crippen molar-refractivity contribution < 1.29 is 9.53 Å². The van der Waals surface area contributed by atoms with Crippen LogP contribution in [-0.4, -0.2) is 56.2 Å². The topological polar surface area (TPSA) is 67.6 Å². The van der Waals surface area contributed by atoms with Gasteiger partial charge in [-0.05, 0) is 31.8 Å². The smallest absolute Gasteiger partial charge is 0.217 e. The summed E-state index contributed by atoms with van der Waals surface area (Å²) in [4.78, 5) is 13.3. The molecule has 0 radical (unpaired) electrons. The third-order valence-corrected chi connectivity index (χ3v) is 3.66. The Morgan fingerprint density at radius 3 is 2.76 bits per heavy atom. The molecular formula is C12H23N3O2. The van der Waals surface area contributed by atoms with Crippen LogP contribution in [0.25, 0.3) is 0 Å². The number of primary amides is 1. The number of carbonyl (C=O) groups is 1. The molecule has 1 atom stereocenters. The minimum absolute atomic E-state index is 0.164. The third-order valence-electron chi connectivity index (χ3n) is 3.66. The van der Waals surface area contributed by atoms with Crippen LogP contribution in [0.3, 0.4) is 0 Å². The summed E-state index contributed by atoms with van der Waals surface area (Å²) in [6.07, 6.45) is 3.05. The molecule has 3 N–H and O–H groups in total. The lowest BCUT2D eigenvalue weighted by Gasteiger charge is -2.35. The minimum Gasteiger partial charge on any atom is -0.374 e. The molecule has 2 rings (SSSR count). The third kappa shape index (κ3) is 4.26. The molecule has 1 unspecified atom stereocenters. The lowest BCUT2D eigenvalue weighted by atomic mass is 9.93. The highest BCUT2D eigenvalue weighted by Gasteiger charge is 2.23. The zero-order valence-corrected chi connectivity index (χ0v) is 10.4. The summed E-state index contributed by atoms with van der Waals surface area (Å²) in [7, 11) is 0. The quantitative estimate of drug-likeness (QED) is 0.700. The first-order chi connectivity index (χ1) is 8.24. The van der Waals surface area contributed by atoms with Gasteiger partial charge in [-0.1, -0.05) is 0 Å². The van der Waals surface area contributed by atoms with Crippen molar-refractivity contribution in [1.29, 1.82) is 0 Å². The van der Waals surface area contributed by atoms with Gasteiger partial charge in [0.05, 0.1) is 12.7 Å². The molecular weight excluding hydrogens is 218 g/mol. The summed E-state index contributed by atoms with van der Waals surface area (Å²) < 4.78 is 5.69. The van der Waals surface area contributed by atoms with Gasteiger partial charge in [0.25, 0.3) is 0 Å². The van der Waals surface area contributed by atoms with Crippen LogP contribution in [0.1, 0.15) is 19.3 Å². The van der Waals surface area contributed by atoms with Crippen LogP contribution < -0.4 is 11.1 Å². The Labute approximate surface area is 103 Å². The second-order valence-electron chi connectivity index (χ2n) is 5.11. The van der Waals surface area contributed by atoms with Gasteiger partial charge in [-0.2, -0.15) is 0 Å². The standard InChI is InChI=1S/C12H23N3O2/c13-12(16)7-10-1-4-15(5-2-10)9-11-8-14-3-6-17-11/h10-11,14H,1-9H2,(H2,13,16). The average molecular weight is 241 g/mol. The van der Waals surface area contributed by atoms with Gasteiger partial charge in [-0.15, -0.1) is 0 Å². The zero-order valence-electron chi connectivity index (χ0n) is 10.4. The number of amides is 1. The van der Waals surface area contributed by atoms with Crippen molar-refractivity contribution in [1.82, 2.24) is 10.2 Å². The molecule has 2 saturated heterocycles. The lowest BCUT2D eigenvalue weighted by Crippen LogP contribution is -2.47. The molecule has 0 saturated carbocycles. The predicted octanol–water partition coefficient (Wildman–Crippen LogP) is -0.438. The summed E-state index contributed by atoms with van der Waals surface area (Å²) in [6, 6.07) is 0. The predicted molar refractivity (Wildman–Crippen MR) is 65.6 cm³/mol. The summed E-state index contributed by atoms with van der Waals surface area (Å²) in [5.41, 5.74) is 5.23. The zero-order chi connectivity index (χ0) is 12.1. The van der Waals surface area contributed by atoms with Crippen molar-refractivity contribution in [2.45, 2.75) is 25.4 Å². The maximum Gasteiger partial charge on any atom is 0.217 e. The van der Waals surface area contributed by atoms with Gasteiger partial charge in [0.1, 0.15) is 0 Å². The van der Waals surface area contributed by atoms with E-state index in [9.17, 15) is 4.79 Å². The minimum atomic E-state index is -0.164. The SMILES string of the molecule is NC(=O)CC1CCN(CC2CNCCO2)CC1. The Balaban J connectivity index is 1.66. The molecule has 0 aromatic heterocycles. The molecule has 98 valence electrons. The van der Waals surface area contributed by atoms with Gasteiger partial charge >= 0.3 is 0 Å². The first kappa shape index (κ1) is 12.8. The van der Waals surface area contributed by atoms with Crippen LogP contribution in [0.15, 0.2) is 0 Å². The van der Waals surface area contributed by atoms with E-state index < -0.39 is 0 Å². The van der Waals surface area contributed by atoms with Gasteiger partial charge in [-0.3, -0.25) is 4.79 Å². The maximum atomic E-state index is 10.8. The van der Waals surface area contributed by atoms with Crippen LogP contribution in [0.5, 0.6) is 0 Å². The largest absolute Gasteiger partial charge is 0.374 e. The molecule has 17 heavy (non-hydrogen) atoms. The Bertz CT molecular complexity index is 246. The van der Waals surface area contributed by atoms with E-state index in [1.165, 1.54) is 0 Å². The molecule has 2 aliphatic rings. The van der Waals surface area contributed by atoms with Crippen LogP contribution >= 0.6 is 0 Å². The number of ether oxygens (including phenoxy) is 1. The number of hydrogen-bond acceptors (Lipinski definition) is 4. The molecule has 5 heteroatoms. The monoisotopic (exact) mass is 241 g/mol. The maximum absolute atomic E-state index is 10.8. The van der Waals surface area contributed by atoms with Crippen molar-refractivity contribution >= 4 is 5.91 Å².